The predicted octanol–water partition coefficient (Wildman–Crippen LogP) is 4.27. The zero-order valence-electron chi connectivity index (χ0n) is 17.7. The Morgan fingerprint density at radius 1 is 0.938 bits per heavy atom. The van der Waals surface area contributed by atoms with E-state index in [1.165, 1.54) is 9.71 Å². The topological polar surface area (TPSA) is 70.8 Å². The molecule has 3 aromatic rings. The molecule has 0 saturated heterocycles. The van der Waals surface area contributed by atoms with Gasteiger partial charge in [-0.05, 0) is 42.2 Å². The minimum atomic E-state index is -3.74. The first-order valence-electron chi connectivity index (χ1n) is 10.6. The van der Waals surface area contributed by atoms with Gasteiger partial charge in [-0.1, -0.05) is 60.7 Å². The summed E-state index contributed by atoms with van der Waals surface area (Å²) in [7, 11) is -3.74. The van der Waals surface area contributed by atoms with Crippen LogP contribution in [0.15, 0.2) is 88.9 Å². The normalized spacial score (nSPS) is 14.2. The Morgan fingerprint density at radius 3 is 2.25 bits per heavy atom. The number of hydrogen-bond donors (Lipinski definition) is 0. The van der Waals surface area contributed by atoms with Gasteiger partial charge in [-0.15, -0.1) is 0 Å². The van der Waals surface area contributed by atoms with E-state index in [4.69, 9.17) is 4.42 Å². The Labute approximate surface area is 188 Å². The van der Waals surface area contributed by atoms with Crippen molar-refractivity contribution in [2.75, 3.05) is 6.54 Å². The lowest BCUT2D eigenvalue weighted by molar-refractivity contribution is -0.133. The second kappa shape index (κ2) is 9.97. The SMILES string of the molecule is O=C(CN(C1CC1)S(=O)(=O)C=Cc1ccccc1)N(Cc1ccccc1)Cc1ccco1. The maximum atomic E-state index is 13.3. The van der Waals surface area contributed by atoms with E-state index in [-0.39, 0.29) is 25.0 Å². The predicted molar refractivity (Wildman–Crippen MR) is 124 cm³/mol. The largest absolute Gasteiger partial charge is 0.467 e. The van der Waals surface area contributed by atoms with E-state index in [2.05, 4.69) is 0 Å². The first-order chi connectivity index (χ1) is 15.5. The molecule has 0 radical (unpaired) electrons. The summed E-state index contributed by atoms with van der Waals surface area (Å²) in [5.74, 6) is 0.396. The van der Waals surface area contributed by atoms with Gasteiger partial charge in [0.05, 0.1) is 19.4 Å². The van der Waals surface area contributed by atoms with E-state index in [9.17, 15) is 13.2 Å². The Balaban J connectivity index is 1.52. The highest BCUT2D eigenvalue weighted by molar-refractivity contribution is 7.92. The smallest absolute Gasteiger partial charge is 0.238 e. The number of furan rings is 1. The summed E-state index contributed by atoms with van der Waals surface area (Å²) in [5, 5.41) is 1.20. The van der Waals surface area contributed by atoms with Crippen molar-refractivity contribution >= 4 is 22.0 Å². The molecule has 6 nitrogen and oxygen atoms in total. The fraction of sp³-hybridized carbons (Fsp3) is 0.240. The van der Waals surface area contributed by atoms with Crippen LogP contribution >= 0.6 is 0 Å². The van der Waals surface area contributed by atoms with Crippen molar-refractivity contribution in [1.82, 2.24) is 9.21 Å². The molecule has 0 aliphatic heterocycles. The fourth-order valence-corrected chi connectivity index (χ4v) is 4.86. The molecule has 1 aliphatic rings. The minimum absolute atomic E-state index is 0.133. The quantitative estimate of drug-likeness (QED) is 0.462. The average molecular weight is 451 g/mol. The van der Waals surface area contributed by atoms with Gasteiger partial charge in [0, 0.05) is 18.0 Å². The zero-order chi connectivity index (χ0) is 22.4. The molecule has 1 fully saturated rings. The molecule has 0 atom stereocenters. The molecule has 1 saturated carbocycles. The van der Waals surface area contributed by atoms with Crippen molar-refractivity contribution in [2.45, 2.75) is 32.0 Å². The highest BCUT2D eigenvalue weighted by Crippen LogP contribution is 2.30. The summed E-state index contributed by atoms with van der Waals surface area (Å²) in [4.78, 5) is 14.9. The Morgan fingerprint density at radius 2 is 1.62 bits per heavy atom. The van der Waals surface area contributed by atoms with Crippen LogP contribution in [0.1, 0.15) is 29.7 Å². The first-order valence-corrected chi connectivity index (χ1v) is 12.1. The van der Waals surface area contributed by atoms with Crippen LogP contribution in [0.3, 0.4) is 0 Å². The third kappa shape index (κ3) is 5.96. The molecule has 1 amide bonds. The maximum Gasteiger partial charge on any atom is 0.238 e. The number of hydrogen-bond acceptors (Lipinski definition) is 4. The summed E-state index contributed by atoms with van der Waals surface area (Å²) in [5.41, 5.74) is 1.76. The van der Waals surface area contributed by atoms with Gasteiger partial charge in [0.15, 0.2) is 0 Å². The van der Waals surface area contributed by atoms with Crippen molar-refractivity contribution in [2.24, 2.45) is 0 Å². The molecule has 4 rings (SSSR count). The molecule has 2 aromatic carbocycles. The monoisotopic (exact) mass is 450 g/mol. The van der Waals surface area contributed by atoms with Gasteiger partial charge in [-0.3, -0.25) is 4.79 Å². The molecule has 0 bridgehead atoms. The minimum Gasteiger partial charge on any atom is -0.467 e. The van der Waals surface area contributed by atoms with E-state index in [1.807, 2.05) is 66.7 Å². The molecule has 166 valence electrons. The summed E-state index contributed by atoms with van der Waals surface area (Å²) in [6.07, 6.45) is 4.67. The number of carbonyl (C=O) groups excluding carboxylic acids is 1. The Kier molecular flexibility index (Phi) is 6.87. The van der Waals surface area contributed by atoms with Crippen LogP contribution in [-0.2, 0) is 27.9 Å². The molecule has 1 aliphatic carbocycles. The van der Waals surface area contributed by atoms with Gasteiger partial charge in [0.2, 0.25) is 15.9 Å². The first kappa shape index (κ1) is 22.0. The van der Waals surface area contributed by atoms with E-state index in [0.29, 0.717) is 12.3 Å². The molecular weight excluding hydrogens is 424 g/mol. The summed E-state index contributed by atoms with van der Waals surface area (Å²) >= 11 is 0. The molecule has 1 heterocycles. The summed E-state index contributed by atoms with van der Waals surface area (Å²) in [6, 6.07) is 22.3. The standard InChI is InChI=1S/C25H26N2O4S/c28-25(26(19-24-12-7-16-31-24)18-22-10-5-2-6-11-22)20-27(23-13-14-23)32(29,30)17-15-21-8-3-1-4-9-21/h1-12,15-17,23H,13-14,18-20H2. The van der Waals surface area contributed by atoms with Gasteiger partial charge in [0.25, 0.3) is 0 Å². The zero-order valence-corrected chi connectivity index (χ0v) is 18.5. The van der Waals surface area contributed by atoms with Crippen molar-refractivity contribution in [1.29, 1.82) is 0 Å². The van der Waals surface area contributed by atoms with Crippen LogP contribution in [0.5, 0.6) is 0 Å². The van der Waals surface area contributed by atoms with Crippen LogP contribution in [0.2, 0.25) is 0 Å². The third-order valence-corrected chi connectivity index (χ3v) is 6.86. The van der Waals surface area contributed by atoms with Gasteiger partial charge in [0.1, 0.15) is 5.76 Å². The van der Waals surface area contributed by atoms with Gasteiger partial charge < -0.3 is 9.32 Å². The molecule has 32 heavy (non-hydrogen) atoms. The fourth-order valence-electron chi connectivity index (χ4n) is 3.46. The van der Waals surface area contributed by atoms with Gasteiger partial charge in [-0.25, -0.2) is 8.42 Å². The molecule has 0 N–H and O–H groups in total. The summed E-state index contributed by atoms with van der Waals surface area (Å²) in [6.45, 7) is 0.456. The van der Waals surface area contributed by atoms with Crippen LogP contribution in [0, 0.1) is 0 Å². The van der Waals surface area contributed by atoms with E-state index >= 15 is 0 Å². The van der Waals surface area contributed by atoms with Crippen LogP contribution in [0.25, 0.3) is 6.08 Å². The van der Waals surface area contributed by atoms with Crippen LogP contribution in [0.4, 0.5) is 0 Å². The number of sulfonamides is 1. The maximum absolute atomic E-state index is 13.3. The number of amides is 1. The third-order valence-electron chi connectivity index (χ3n) is 5.30. The van der Waals surface area contributed by atoms with E-state index in [0.717, 1.165) is 24.0 Å². The molecular formula is C25H26N2O4S. The van der Waals surface area contributed by atoms with Crippen molar-refractivity contribution in [3.8, 4) is 0 Å². The number of carbonyl (C=O) groups is 1. The number of nitrogens with zero attached hydrogens (tertiary/aromatic N) is 2. The highest BCUT2D eigenvalue weighted by Gasteiger charge is 2.38. The van der Waals surface area contributed by atoms with Crippen LogP contribution < -0.4 is 0 Å². The lowest BCUT2D eigenvalue weighted by Gasteiger charge is -2.26. The number of benzene rings is 2. The lowest BCUT2D eigenvalue weighted by Crippen LogP contribution is -2.42. The van der Waals surface area contributed by atoms with Gasteiger partial charge >= 0.3 is 0 Å². The summed E-state index contributed by atoms with van der Waals surface area (Å²) < 4.78 is 32.9. The average Bonchev–Trinajstić information content (AvgIpc) is 3.51. The van der Waals surface area contributed by atoms with Crippen molar-refractivity contribution in [3.63, 3.8) is 0 Å². The Hall–Kier alpha value is -3.16. The molecule has 0 unspecified atom stereocenters. The van der Waals surface area contributed by atoms with Crippen LogP contribution in [-0.4, -0.2) is 36.1 Å². The second-order valence-electron chi connectivity index (χ2n) is 7.85. The number of rotatable bonds is 10. The highest BCUT2D eigenvalue weighted by atomic mass is 32.2. The molecule has 0 spiro atoms. The lowest BCUT2D eigenvalue weighted by atomic mass is 10.2. The van der Waals surface area contributed by atoms with Crippen molar-refractivity contribution in [3.05, 3.63) is 101 Å². The van der Waals surface area contributed by atoms with E-state index in [1.54, 1.807) is 23.3 Å². The Bertz CT molecular complexity index is 1140. The van der Waals surface area contributed by atoms with Crippen molar-refractivity contribution < 1.29 is 17.6 Å². The van der Waals surface area contributed by atoms with E-state index < -0.39 is 10.0 Å². The molecule has 7 heteroatoms. The second-order valence-corrected chi connectivity index (χ2v) is 9.62. The van der Waals surface area contributed by atoms with Gasteiger partial charge in [-0.2, -0.15) is 4.31 Å². The molecule has 1 aromatic heterocycles.